The van der Waals surface area contributed by atoms with Crippen LogP contribution in [-0.4, -0.2) is 7.85 Å². The van der Waals surface area contributed by atoms with Crippen LogP contribution in [0.2, 0.25) is 0 Å². The fraction of sp³-hybridized carbons (Fsp3) is 1.00. The Kier molecular flexibility index (Phi) is 6.96. The number of hydrogen-bond donors (Lipinski definition) is 0. The van der Waals surface area contributed by atoms with E-state index in [1.54, 1.807) is 0 Å². The zero-order valence-corrected chi connectivity index (χ0v) is 17.8. The van der Waals surface area contributed by atoms with Crippen LogP contribution in [0.25, 0.3) is 0 Å². The lowest BCUT2D eigenvalue weighted by Gasteiger charge is -2.27. The molecule has 0 bridgehead atoms. The fourth-order valence-corrected chi connectivity index (χ4v) is 8.03. The Balaban J connectivity index is 2.85. The first-order valence-corrected chi connectivity index (χ1v) is 10.7. The first-order chi connectivity index (χ1) is 8.86. The van der Waals surface area contributed by atoms with E-state index in [-0.39, 0.29) is 0 Å². The maximum absolute atomic E-state index is 2.80. The average Bonchev–Trinajstić information content (AvgIpc) is 2.91. The van der Waals surface area contributed by atoms with Crippen molar-refractivity contribution in [1.82, 2.24) is 0 Å². The molecular formula is C17H32I2. The lowest BCUT2D eigenvalue weighted by molar-refractivity contribution is 0.363. The third-order valence-electron chi connectivity index (χ3n) is 5.78. The van der Waals surface area contributed by atoms with Crippen molar-refractivity contribution in [3.8, 4) is 0 Å². The van der Waals surface area contributed by atoms with Crippen molar-refractivity contribution >= 4 is 45.2 Å². The summed E-state index contributed by atoms with van der Waals surface area (Å²) in [5.41, 5.74) is 1.21. The largest absolute Gasteiger partial charge is 0.0857 e. The van der Waals surface area contributed by atoms with E-state index in [9.17, 15) is 0 Å². The van der Waals surface area contributed by atoms with Crippen molar-refractivity contribution in [3.63, 3.8) is 0 Å². The number of alkyl halides is 2. The zero-order chi connectivity index (χ0) is 14.7. The highest BCUT2D eigenvalue weighted by Crippen LogP contribution is 2.78. The SMILES string of the molecule is CCCCCC(C)(I)C1C(C)(CC)[C@]1(CI)CCC. The molecule has 0 spiro atoms. The molecule has 19 heavy (non-hydrogen) atoms. The van der Waals surface area contributed by atoms with Gasteiger partial charge in [-0.3, -0.25) is 0 Å². The summed E-state index contributed by atoms with van der Waals surface area (Å²) < 4.78 is 1.85. The highest BCUT2D eigenvalue weighted by molar-refractivity contribution is 14.1. The van der Waals surface area contributed by atoms with Gasteiger partial charge in [-0.25, -0.2) is 0 Å². The van der Waals surface area contributed by atoms with Gasteiger partial charge in [-0.05, 0) is 36.0 Å². The minimum atomic E-state index is 0.498. The Labute approximate surface area is 148 Å². The lowest BCUT2D eigenvalue weighted by Crippen LogP contribution is -2.24. The molecule has 1 fully saturated rings. The van der Waals surface area contributed by atoms with Gasteiger partial charge in [0.15, 0.2) is 0 Å². The van der Waals surface area contributed by atoms with Crippen LogP contribution in [-0.2, 0) is 0 Å². The summed E-state index contributed by atoms with van der Waals surface area (Å²) in [4.78, 5) is 0. The molecule has 1 aliphatic rings. The van der Waals surface area contributed by atoms with Gasteiger partial charge in [0.25, 0.3) is 0 Å². The molecular weight excluding hydrogens is 458 g/mol. The molecule has 0 saturated heterocycles. The second-order valence-corrected chi connectivity index (χ2v) is 10.2. The first-order valence-electron chi connectivity index (χ1n) is 8.11. The molecule has 0 N–H and O–H groups in total. The molecule has 1 rings (SSSR count). The van der Waals surface area contributed by atoms with Crippen LogP contribution in [0.5, 0.6) is 0 Å². The van der Waals surface area contributed by atoms with Crippen LogP contribution >= 0.6 is 45.2 Å². The lowest BCUT2D eigenvalue weighted by atomic mass is 9.90. The van der Waals surface area contributed by atoms with E-state index >= 15 is 0 Å². The van der Waals surface area contributed by atoms with Crippen molar-refractivity contribution in [2.24, 2.45) is 16.7 Å². The van der Waals surface area contributed by atoms with Gasteiger partial charge in [-0.1, -0.05) is 105 Å². The molecule has 0 heterocycles. The Morgan fingerprint density at radius 3 is 2.16 bits per heavy atom. The normalized spacial score (nSPS) is 37.1. The van der Waals surface area contributed by atoms with E-state index in [1.165, 1.54) is 49.4 Å². The van der Waals surface area contributed by atoms with E-state index in [0.717, 1.165) is 5.92 Å². The Bertz CT molecular complexity index is 287. The molecule has 1 aliphatic carbocycles. The van der Waals surface area contributed by atoms with Crippen LogP contribution in [0.15, 0.2) is 0 Å². The van der Waals surface area contributed by atoms with E-state index in [1.807, 2.05) is 0 Å². The third kappa shape index (κ3) is 3.29. The van der Waals surface area contributed by atoms with Crippen LogP contribution in [0.1, 0.15) is 79.6 Å². The molecule has 0 aromatic carbocycles. The molecule has 0 amide bonds. The molecule has 114 valence electrons. The van der Waals surface area contributed by atoms with Crippen molar-refractivity contribution in [2.75, 3.05) is 4.43 Å². The molecule has 1 saturated carbocycles. The topological polar surface area (TPSA) is 0 Å². The third-order valence-corrected chi connectivity index (χ3v) is 8.31. The molecule has 2 heteroatoms. The number of halogens is 2. The van der Waals surface area contributed by atoms with Gasteiger partial charge in [0.1, 0.15) is 0 Å². The number of hydrogen-bond acceptors (Lipinski definition) is 0. The monoisotopic (exact) mass is 490 g/mol. The molecule has 0 radical (unpaired) electrons. The summed E-state index contributed by atoms with van der Waals surface area (Å²) >= 11 is 5.46. The van der Waals surface area contributed by atoms with Gasteiger partial charge in [0, 0.05) is 7.85 Å². The van der Waals surface area contributed by atoms with Gasteiger partial charge >= 0.3 is 0 Å². The number of rotatable bonds is 9. The van der Waals surface area contributed by atoms with Crippen LogP contribution < -0.4 is 0 Å². The standard InChI is InChI=1S/C17H32I2/c1-6-9-10-12-16(5,19)14-15(4,8-3)17(14,13-18)11-7-2/h14H,6-13H2,1-5H3/t14?,15?,16?,17-/m0/s1. The van der Waals surface area contributed by atoms with Crippen molar-refractivity contribution in [1.29, 1.82) is 0 Å². The van der Waals surface area contributed by atoms with Gasteiger partial charge in [-0.15, -0.1) is 0 Å². The van der Waals surface area contributed by atoms with Crippen molar-refractivity contribution < 1.29 is 0 Å². The smallest absolute Gasteiger partial charge is 0.0233 e. The molecule has 0 nitrogen and oxygen atoms in total. The van der Waals surface area contributed by atoms with E-state index < -0.39 is 0 Å². The highest BCUT2D eigenvalue weighted by Gasteiger charge is 2.74. The van der Waals surface area contributed by atoms with Gasteiger partial charge < -0.3 is 0 Å². The zero-order valence-electron chi connectivity index (χ0n) is 13.5. The maximum atomic E-state index is 2.80. The van der Waals surface area contributed by atoms with E-state index in [4.69, 9.17) is 0 Å². The van der Waals surface area contributed by atoms with E-state index in [2.05, 4.69) is 79.8 Å². The quantitative estimate of drug-likeness (QED) is 0.185. The Morgan fingerprint density at radius 1 is 1.11 bits per heavy atom. The van der Waals surface area contributed by atoms with Crippen LogP contribution in [0, 0.1) is 16.7 Å². The average molecular weight is 490 g/mol. The molecule has 3 unspecified atom stereocenters. The summed E-state index contributed by atoms with van der Waals surface area (Å²) in [6.07, 6.45) is 9.69. The Morgan fingerprint density at radius 2 is 1.74 bits per heavy atom. The van der Waals surface area contributed by atoms with Gasteiger partial charge in [0.2, 0.25) is 0 Å². The minimum absolute atomic E-state index is 0.498. The minimum Gasteiger partial charge on any atom is -0.0857 e. The predicted molar refractivity (Wildman–Crippen MR) is 105 cm³/mol. The summed E-state index contributed by atoms with van der Waals surface area (Å²) in [5, 5.41) is 0. The van der Waals surface area contributed by atoms with Gasteiger partial charge in [-0.2, -0.15) is 0 Å². The molecule has 0 aromatic rings. The van der Waals surface area contributed by atoms with E-state index in [0.29, 0.717) is 14.3 Å². The predicted octanol–water partition coefficient (Wildman–Crippen LogP) is 7.03. The van der Waals surface area contributed by atoms with Crippen molar-refractivity contribution in [2.45, 2.75) is 83.0 Å². The Hall–Kier alpha value is 1.46. The molecule has 4 atom stereocenters. The maximum Gasteiger partial charge on any atom is 0.0233 e. The second-order valence-electron chi connectivity index (χ2n) is 6.98. The summed E-state index contributed by atoms with van der Waals surface area (Å²) in [6, 6.07) is 0. The molecule has 0 aliphatic heterocycles. The molecule has 0 aromatic heterocycles. The highest BCUT2D eigenvalue weighted by atomic mass is 127. The van der Waals surface area contributed by atoms with Crippen molar-refractivity contribution in [3.05, 3.63) is 0 Å². The van der Waals surface area contributed by atoms with Gasteiger partial charge in [0.05, 0.1) is 0 Å². The summed E-state index contributed by atoms with van der Waals surface area (Å²) in [6.45, 7) is 12.2. The first kappa shape index (κ1) is 18.5. The number of unbranched alkanes of at least 4 members (excludes halogenated alkanes) is 2. The van der Waals surface area contributed by atoms with Crippen LogP contribution in [0.3, 0.4) is 0 Å². The summed E-state index contributed by atoms with van der Waals surface area (Å²) in [7, 11) is 0. The summed E-state index contributed by atoms with van der Waals surface area (Å²) in [5.74, 6) is 0.923. The fourth-order valence-electron chi connectivity index (χ4n) is 4.67. The van der Waals surface area contributed by atoms with Crippen LogP contribution in [0.4, 0.5) is 0 Å². The second kappa shape index (κ2) is 7.15.